The van der Waals surface area contributed by atoms with Crippen molar-refractivity contribution in [2.45, 2.75) is 20.1 Å². The summed E-state index contributed by atoms with van der Waals surface area (Å²) in [6, 6.07) is 16.2. The highest BCUT2D eigenvalue weighted by Crippen LogP contribution is 2.16. The van der Waals surface area contributed by atoms with Gasteiger partial charge in [-0.25, -0.2) is 0 Å². The second kappa shape index (κ2) is 5.51. The van der Waals surface area contributed by atoms with Gasteiger partial charge in [0.2, 0.25) is 0 Å². The quantitative estimate of drug-likeness (QED) is 0.871. The van der Waals surface area contributed by atoms with E-state index >= 15 is 0 Å². The predicted molar refractivity (Wildman–Crippen MR) is 69.8 cm³/mol. The molecule has 17 heavy (non-hydrogen) atoms. The average molecular weight is 227 g/mol. The topological polar surface area (TPSA) is 35.2 Å². The third kappa shape index (κ3) is 3.08. The molecule has 0 radical (unpaired) electrons. The van der Waals surface area contributed by atoms with Crippen molar-refractivity contribution >= 4 is 0 Å². The Bertz CT molecular complexity index is 494. The van der Waals surface area contributed by atoms with Crippen LogP contribution in [0.25, 0.3) is 0 Å². The van der Waals surface area contributed by atoms with Crippen LogP contribution in [0.2, 0.25) is 0 Å². The van der Waals surface area contributed by atoms with Gasteiger partial charge in [0.05, 0.1) is 0 Å². The van der Waals surface area contributed by atoms with Crippen molar-refractivity contribution in [3.05, 3.63) is 65.2 Å². The summed E-state index contributed by atoms with van der Waals surface area (Å²) in [6.07, 6.45) is 0. The number of nitrogens with two attached hydrogens (primary N) is 1. The van der Waals surface area contributed by atoms with Gasteiger partial charge < -0.3 is 10.5 Å². The molecule has 88 valence electrons. The minimum atomic E-state index is 0.549. The van der Waals surface area contributed by atoms with Gasteiger partial charge in [-0.3, -0.25) is 0 Å². The molecule has 0 atom stereocenters. The summed E-state index contributed by atoms with van der Waals surface area (Å²) < 4.78 is 5.76. The number of hydrogen-bond acceptors (Lipinski definition) is 2. The SMILES string of the molecule is Cc1cccc(OCc2ccccc2CN)c1. The molecule has 0 bridgehead atoms. The zero-order valence-corrected chi connectivity index (χ0v) is 10.0. The molecule has 0 amide bonds. The van der Waals surface area contributed by atoms with Crippen molar-refractivity contribution in [1.29, 1.82) is 0 Å². The zero-order valence-electron chi connectivity index (χ0n) is 10.0. The summed E-state index contributed by atoms with van der Waals surface area (Å²) >= 11 is 0. The summed E-state index contributed by atoms with van der Waals surface area (Å²) in [5.41, 5.74) is 9.18. The van der Waals surface area contributed by atoms with Crippen molar-refractivity contribution in [3.8, 4) is 5.75 Å². The lowest BCUT2D eigenvalue weighted by Gasteiger charge is -2.10. The number of benzene rings is 2. The minimum Gasteiger partial charge on any atom is -0.489 e. The first-order valence-corrected chi connectivity index (χ1v) is 5.76. The zero-order chi connectivity index (χ0) is 12.1. The first-order chi connectivity index (χ1) is 8.29. The monoisotopic (exact) mass is 227 g/mol. The van der Waals surface area contributed by atoms with Gasteiger partial charge in [0.1, 0.15) is 12.4 Å². The smallest absolute Gasteiger partial charge is 0.120 e. The highest BCUT2D eigenvalue weighted by molar-refractivity contribution is 5.30. The van der Waals surface area contributed by atoms with E-state index in [0.29, 0.717) is 13.2 Å². The van der Waals surface area contributed by atoms with Crippen LogP contribution < -0.4 is 10.5 Å². The molecule has 0 aromatic heterocycles. The van der Waals surface area contributed by atoms with Crippen LogP contribution in [0.4, 0.5) is 0 Å². The molecule has 2 N–H and O–H groups in total. The van der Waals surface area contributed by atoms with E-state index in [-0.39, 0.29) is 0 Å². The van der Waals surface area contributed by atoms with Crippen LogP contribution in [0.1, 0.15) is 16.7 Å². The van der Waals surface area contributed by atoms with Crippen LogP contribution in [-0.4, -0.2) is 0 Å². The number of rotatable bonds is 4. The fourth-order valence-electron chi connectivity index (χ4n) is 1.76. The van der Waals surface area contributed by atoms with Crippen LogP contribution in [0.5, 0.6) is 5.75 Å². The van der Waals surface area contributed by atoms with Crippen LogP contribution in [0, 0.1) is 6.92 Å². The van der Waals surface area contributed by atoms with E-state index in [4.69, 9.17) is 10.5 Å². The van der Waals surface area contributed by atoms with E-state index in [1.165, 1.54) is 5.56 Å². The van der Waals surface area contributed by atoms with E-state index in [0.717, 1.165) is 16.9 Å². The van der Waals surface area contributed by atoms with Crippen molar-refractivity contribution in [1.82, 2.24) is 0 Å². The van der Waals surface area contributed by atoms with E-state index in [1.54, 1.807) is 0 Å². The van der Waals surface area contributed by atoms with Crippen molar-refractivity contribution in [2.75, 3.05) is 0 Å². The molecule has 0 saturated carbocycles. The molecule has 0 aliphatic heterocycles. The first kappa shape index (κ1) is 11.7. The van der Waals surface area contributed by atoms with Crippen molar-refractivity contribution in [3.63, 3.8) is 0 Å². The third-order valence-corrected chi connectivity index (χ3v) is 2.72. The predicted octanol–water partition coefficient (Wildman–Crippen LogP) is 3.03. The Morgan fingerprint density at radius 3 is 2.47 bits per heavy atom. The lowest BCUT2D eigenvalue weighted by atomic mass is 10.1. The minimum absolute atomic E-state index is 0.549. The molecule has 0 heterocycles. The highest BCUT2D eigenvalue weighted by Gasteiger charge is 2.01. The number of hydrogen-bond donors (Lipinski definition) is 1. The molecule has 0 spiro atoms. The molecule has 2 aromatic carbocycles. The standard InChI is InChI=1S/C15H17NO/c1-12-5-4-8-15(9-12)17-11-14-7-3-2-6-13(14)10-16/h2-9H,10-11,16H2,1H3. The molecular weight excluding hydrogens is 210 g/mol. The van der Waals surface area contributed by atoms with Crippen LogP contribution in [-0.2, 0) is 13.2 Å². The van der Waals surface area contributed by atoms with Gasteiger partial charge in [0.25, 0.3) is 0 Å². The Kier molecular flexibility index (Phi) is 3.78. The molecule has 2 heteroatoms. The molecule has 0 saturated heterocycles. The average Bonchev–Trinajstić information content (AvgIpc) is 2.37. The summed E-state index contributed by atoms with van der Waals surface area (Å²) in [4.78, 5) is 0. The number of aryl methyl sites for hydroxylation is 1. The third-order valence-electron chi connectivity index (χ3n) is 2.72. The molecule has 0 aliphatic rings. The maximum Gasteiger partial charge on any atom is 0.120 e. The maximum absolute atomic E-state index is 5.76. The van der Waals surface area contributed by atoms with Crippen molar-refractivity contribution in [2.24, 2.45) is 5.73 Å². The lowest BCUT2D eigenvalue weighted by molar-refractivity contribution is 0.305. The fraction of sp³-hybridized carbons (Fsp3) is 0.200. The summed E-state index contributed by atoms with van der Waals surface area (Å²) in [5.74, 6) is 0.900. The Morgan fingerprint density at radius 2 is 1.76 bits per heavy atom. The first-order valence-electron chi connectivity index (χ1n) is 5.76. The van der Waals surface area contributed by atoms with E-state index < -0.39 is 0 Å². The van der Waals surface area contributed by atoms with Crippen LogP contribution in [0.15, 0.2) is 48.5 Å². The highest BCUT2D eigenvalue weighted by atomic mass is 16.5. The lowest BCUT2D eigenvalue weighted by Crippen LogP contribution is -2.04. The molecule has 0 fully saturated rings. The van der Waals surface area contributed by atoms with Gasteiger partial charge in [-0.2, -0.15) is 0 Å². The van der Waals surface area contributed by atoms with Gasteiger partial charge in [0.15, 0.2) is 0 Å². The molecular formula is C15H17NO. The summed E-state index contributed by atoms with van der Waals surface area (Å²) in [7, 11) is 0. The van der Waals surface area contributed by atoms with E-state index in [1.807, 2.05) is 36.4 Å². The Hall–Kier alpha value is -1.80. The largest absolute Gasteiger partial charge is 0.489 e. The van der Waals surface area contributed by atoms with Crippen LogP contribution in [0.3, 0.4) is 0 Å². The van der Waals surface area contributed by atoms with Crippen molar-refractivity contribution < 1.29 is 4.74 Å². The number of ether oxygens (including phenoxy) is 1. The Morgan fingerprint density at radius 1 is 1.00 bits per heavy atom. The molecule has 0 unspecified atom stereocenters. The van der Waals surface area contributed by atoms with Gasteiger partial charge in [-0.15, -0.1) is 0 Å². The van der Waals surface area contributed by atoms with E-state index in [2.05, 4.69) is 19.1 Å². The Balaban J connectivity index is 2.07. The molecule has 2 nitrogen and oxygen atoms in total. The fourth-order valence-corrected chi connectivity index (χ4v) is 1.76. The van der Waals surface area contributed by atoms with E-state index in [9.17, 15) is 0 Å². The second-order valence-corrected chi connectivity index (χ2v) is 4.08. The summed E-state index contributed by atoms with van der Waals surface area (Å²) in [6.45, 7) is 3.17. The van der Waals surface area contributed by atoms with Crippen LogP contribution >= 0.6 is 0 Å². The second-order valence-electron chi connectivity index (χ2n) is 4.08. The van der Waals surface area contributed by atoms with Gasteiger partial charge in [-0.05, 0) is 35.7 Å². The Labute approximate surface area is 102 Å². The molecule has 2 aromatic rings. The molecule has 0 aliphatic carbocycles. The normalized spacial score (nSPS) is 10.2. The maximum atomic E-state index is 5.76. The molecule has 2 rings (SSSR count). The summed E-state index contributed by atoms with van der Waals surface area (Å²) in [5, 5.41) is 0. The van der Waals surface area contributed by atoms with Gasteiger partial charge >= 0.3 is 0 Å². The van der Waals surface area contributed by atoms with Gasteiger partial charge in [0, 0.05) is 6.54 Å². The van der Waals surface area contributed by atoms with Gasteiger partial charge in [-0.1, -0.05) is 36.4 Å².